The minimum Gasteiger partial charge on any atom is -0.398 e. The Labute approximate surface area is 144 Å². The smallest absolute Gasteiger partial charge is 0.247 e. The lowest BCUT2D eigenvalue weighted by Gasteiger charge is -2.08. The summed E-state index contributed by atoms with van der Waals surface area (Å²) < 4.78 is 23.8. The molecule has 3 aromatic heterocycles. The Balaban J connectivity index is 2.18. The molecule has 0 saturated carbocycles. The first-order valence-electron chi connectivity index (χ1n) is 6.25. The highest BCUT2D eigenvalue weighted by atomic mass is 79.9. The summed E-state index contributed by atoms with van der Waals surface area (Å²) in [4.78, 5) is 16.6. The van der Waals surface area contributed by atoms with E-state index >= 15 is 0 Å². The number of pyridine rings is 1. The van der Waals surface area contributed by atoms with Gasteiger partial charge in [0.15, 0.2) is 0 Å². The number of aromatic nitrogens is 4. The molecule has 0 aliphatic heterocycles. The van der Waals surface area contributed by atoms with Gasteiger partial charge >= 0.3 is 0 Å². The van der Waals surface area contributed by atoms with E-state index < -0.39 is 9.84 Å². The zero-order valence-corrected chi connectivity index (χ0v) is 15.0. The Kier molecular flexibility index (Phi) is 4.13. The lowest BCUT2D eigenvalue weighted by molar-refractivity contribution is 0.593. The molecule has 3 aromatic rings. The van der Waals surface area contributed by atoms with Crippen LogP contribution in [0.15, 0.2) is 39.5 Å². The van der Waals surface area contributed by atoms with E-state index in [4.69, 9.17) is 5.73 Å². The van der Waals surface area contributed by atoms with Gasteiger partial charge in [-0.3, -0.25) is 0 Å². The van der Waals surface area contributed by atoms with E-state index in [0.29, 0.717) is 32.2 Å². The molecule has 0 saturated heterocycles. The van der Waals surface area contributed by atoms with E-state index in [1.165, 1.54) is 17.5 Å². The van der Waals surface area contributed by atoms with E-state index in [9.17, 15) is 8.42 Å². The van der Waals surface area contributed by atoms with Crippen LogP contribution in [-0.4, -0.2) is 34.6 Å². The summed E-state index contributed by atoms with van der Waals surface area (Å²) in [5.41, 5.74) is 7.87. The molecule has 10 heteroatoms. The number of thiazole rings is 1. The van der Waals surface area contributed by atoms with Crippen LogP contribution in [-0.2, 0) is 9.84 Å². The first-order valence-corrected chi connectivity index (χ1v) is 9.82. The summed E-state index contributed by atoms with van der Waals surface area (Å²) in [7, 11) is -3.51. The van der Waals surface area contributed by atoms with Crippen LogP contribution in [0.4, 0.5) is 5.69 Å². The van der Waals surface area contributed by atoms with Crippen molar-refractivity contribution < 1.29 is 8.42 Å². The first-order chi connectivity index (χ1) is 10.9. The molecule has 7 nitrogen and oxygen atoms in total. The van der Waals surface area contributed by atoms with Crippen molar-refractivity contribution in [2.45, 2.75) is 5.16 Å². The summed E-state index contributed by atoms with van der Waals surface area (Å²) in [5, 5.41) is 2.27. The van der Waals surface area contributed by atoms with Gasteiger partial charge < -0.3 is 5.73 Å². The first kappa shape index (κ1) is 16.0. The number of hydrogen-bond acceptors (Lipinski definition) is 8. The number of nitrogens with two attached hydrogens (primary N) is 1. The van der Waals surface area contributed by atoms with Gasteiger partial charge in [-0.25, -0.2) is 28.4 Å². The number of halogens is 1. The number of hydrogen-bond donors (Lipinski definition) is 1. The average molecular weight is 412 g/mol. The predicted octanol–water partition coefficient (Wildman–Crippen LogP) is 2.41. The minimum absolute atomic E-state index is 0.255. The normalized spacial score (nSPS) is 11.6. The highest BCUT2D eigenvalue weighted by molar-refractivity contribution is 9.10. The molecule has 3 heterocycles. The molecule has 118 valence electrons. The van der Waals surface area contributed by atoms with Crippen LogP contribution >= 0.6 is 27.3 Å². The molecule has 0 spiro atoms. The van der Waals surface area contributed by atoms with Gasteiger partial charge in [0, 0.05) is 24.0 Å². The Bertz CT molecular complexity index is 974. The number of anilines is 1. The fourth-order valence-electron chi connectivity index (χ4n) is 1.82. The van der Waals surface area contributed by atoms with E-state index in [1.54, 1.807) is 18.3 Å². The topological polar surface area (TPSA) is 112 Å². The van der Waals surface area contributed by atoms with Gasteiger partial charge in [0.05, 0.1) is 21.5 Å². The molecule has 0 fully saturated rings. The largest absolute Gasteiger partial charge is 0.398 e. The standard InChI is InChI=1S/C13H10BrN5O2S2/c1-23(20,21)13-17-3-2-8(19-13)9-6-7(15)10(14)11(18-9)12-16-4-5-22-12/h2-6H,1H3,(H2,15,18). The Morgan fingerprint density at radius 1 is 1.17 bits per heavy atom. The average Bonchev–Trinajstić information content (AvgIpc) is 3.03. The van der Waals surface area contributed by atoms with Crippen LogP contribution in [0, 0.1) is 0 Å². The van der Waals surface area contributed by atoms with Gasteiger partial charge in [0.2, 0.25) is 15.0 Å². The lowest BCUT2D eigenvalue weighted by atomic mass is 10.2. The second-order valence-corrected chi connectivity index (χ2v) is 8.19. The van der Waals surface area contributed by atoms with E-state index in [0.717, 1.165) is 6.26 Å². The summed E-state index contributed by atoms with van der Waals surface area (Å²) in [6.07, 6.45) is 4.10. The highest BCUT2D eigenvalue weighted by Crippen LogP contribution is 2.34. The van der Waals surface area contributed by atoms with Crippen molar-refractivity contribution in [3.63, 3.8) is 0 Å². The summed E-state index contributed by atoms with van der Waals surface area (Å²) in [6, 6.07) is 3.20. The molecule has 0 bridgehead atoms. The zero-order valence-electron chi connectivity index (χ0n) is 11.8. The lowest BCUT2D eigenvalue weighted by Crippen LogP contribution is -2.05. The van der Waals surface area contributed by atoms with Crippen molar-refractivity contribution in [2.24, 2.45) is 0 Å². The fourth-order valence-corrected chi connectivity index (χ4v) is 3.49. The third-order valence-electron chi connectivity index (χ3n) is 2.85. The molecule has 0 aliphatic rings. The molecule has 3 rings (SSSR count). The van der Waals surface area contributed by atoms with Gasteiger partial charge in [-0.1, -0.05) is 0 Å². The summed E-state index contributed by atoms with van der Waals surface area (Å²) >= 11 is 4.83. The quantitative estimate of drug-likeness (QED) is 0.658. The van der Waals surface area contributed by atoms with E-state index in [1.807, 2.05) is 5.38 Å². The Hall–Kier alpha value is -1.91. The van der Waals surface area contributed by atoms with Gasteiger partial charge in [-0.05, 0) is 28.1 Å². The van der Waals surface area contributed by atoms with Crippen molar-refractivity contribution in [1.29, 1.82) is 0 Å². The van der Waals surface area contributed by atoms with Crippen molar-refractivity contribution in [3.8, 4) is 22.1 Å². The minimum atomic E-state index is -3.51. The predicted molar refractivity (Wildman–Crippen MR) is 91.6 cm³/mol. The second kappa shape index (κ2) is 5.95. The fraction of sp³-hybridized carbons (Fsp3) is 0.0769. The summed E-state index contributed by atoms with van der Waals surface area (Å²) in [5.74, 6) is 0. The Morgan fingerprint density at radius 3 is 2.61 bits per heavy atom. The number of nitrogens with zero attached hydrogens (tertiary/aromatic N) is 4. The van der Waals surface area contributed by atoms with Crippen LogP contribution in [0.25, 0.3) is 22.1 Å². The van der Waals surface area contributed by atoms with Crippen molar-refractivity contribution in [2.75, 3.05) is 12.0 Å². The van der Waals surface area contributed by atoms with Crippen molar-refractivity contribution >= 4 is 42.8 Å². The molecule has 0 aromatic carbocycles. The van der Waals surface area contributed by atoms with Gasteiger partial charge in [-0.15, -0.1) is 11.3 Å². The van der Waals surface area contributed by atoms with Crippen LogP contribution in [0.3, 0.4) is 0 Å². The second-order valence-electron chi connectivity index (χ2n) is 4.59. The molecule has 0 amide bonds. The summed E-state index contributed by atoms with van der Waals surface area (Å²) in [6.45, 7) is 0. The van der Waals surface area contributed by atoms with Gasteiger partial charge in [0.25, 0.3) is 0 Å². The molecule has 0 radical (unpaired) electrons. The van der Waals surface area contributed by atoms with Crippen molar-refractivity contribution in [3.05, 3.63) is 34.4 Å². The van der Waals surface area contributed by atoms with Gasteiger partial charge in [0.1, 0.15) is 10.7 Å². The maximum Gasteiger partial charge on any atom is 0.247 e. The van der Waals surface area contributed by atoms with E-state index in [-0.39, 0.29) is 5.16 Å². The van der Waals surface area contributed by atoms with Gasteiger partial charge in [-0.2, -0.15) is 0 Å². The maximum absolute atomic E-state index is 11.6. The number of nitrogen functional groups attached to an aromatic ring is 1. The highest BCUT2D eigenvalue weighted by Gasteiger charge is 2.16. The van der Waals surface area contributed by atoms with Crippen LogP contribution in [0.2, 0.25) is 0 Å². The van der Waals surface area contributed by atoms with E-state index in [2.05, 4.69) is 35.9 Å². The zero-order chi connectivity index (χ0) is 16.6. The van der Waals surface area contributed by atoms with Crippen LogP contribution in [0.5, 0.6) is 0 Å². The molecule has 2 N–H and O–H groups in total. The molecular formula is C13H10BrN5O2S2. The molecule has 0 aliphatic carbocycles. The molecule has 0 unspecified atom stereocenters. The molecule has 0 atom stereocenters. The third kappa shape index (κ3) is 3.23. The third-order valence-corrected chi connectivity index (χ3v) is 5.32. The van der Waals surface area contributed by atoms with Crippen molar-refractivity contribution in [1.82, 2.24) is 19.9 Å². The Morgan fingerprint density at radius 2 is 1.96 bits per heavy atom. The monoisotopic (exact) mass is 411 g/mol. The SMILES string of the molecule is CS(=O)(=O)c1nccc(-c2cc(N)c(Br)c(-c3nccs3)n2)n1. The molecule has 23 heavy (non-hydrogen) atoms. The number of sulfone groups is 1. The number of rotatable bonds is 3. The van der Waals surface area contributed by atoms with Crippen LogP contribution in [0.1, 0.15) is 0 Å². The molecular weight excluding hydrogens is 402 g/mol. The maximum atomic E-state index is 11.6. The van der Waals surface area contributed by atoms with Crippen LogP contribution < -0.4 is 5.73 Å².